The number of hydrogen-bond acceptors (Lipinski definition) is 6. The van der Waals surface area contributed by atoms with E-state index in [1.807, 2.05) is 20.8 Å². The molecule has 0 heterocycles. The summed E-state index contributed by atoms with van der Waals surface area (Å²) in [6.45, 7) is 15.6. The molecule has 7 heteroatoms. The molecule has 0 aliphatic heterocycles. The minimum Gasteiger partial charge on any atom is -0.469 e. The number of esters is 3. The fraction of sp³-hybridized carbons (Fsp3) is 0.667. The summed E-state index contributed by atoms with van der Waals surface area (Å²) in [5.74, 6) is -0.829. The highest BCUT2D eigenvalue weighted by Crippen LogP contribution is 2.20. The first kappa shape index (κ1) is 50.1. The van der Waals surface area contributed by atoms with Crippen LogP contribution < -0.4 is 0 Å². The maximum atomic E-state index is 10.8. The molecule has 0 aromatic carbocycles. The second-order valence-electron chi connectivity index (χ2n) is 5.27. The molecule has 0 aliphatic rings. The maximum Gasteiger partial charge on any atom is 0.332 e. The Morgan fingerprint density at radius 1 is 0.750 bits per heavy atom. The predicted molar refractivity (Wildman–Crippen MR) is 120 cm³/mol. The van der Waals surface area contributed by atoms with Crippen molar-refractivity contribution in [2.24, 2.45) is 5.41 Å². The highest BCUT2D eigenvalue weighted by atomic mass is 16.5. The zero-order valence-electron chi connectivity index (χ0n) is 16.1. The van der Waals surface area contributed by atoms with E-state index in [-0.39, 0.29) is 58.5 Å². The van der Waals surface area contributed by atoms with Gasteiger partial charge in [0.25, 0.3) is 0 Å². The van der Waals surface area contributed by atoms with Crippen LogP contribution >= 0.6 is 0 Å². The van der Waals surface area contributed by atoms with Gasteiger partial charge >= 0.3 is 17.9 Å². The van der Waals surface area contributed by atoms with Crippen molar-refractivity contribution >= 4 is 17.9 Å². The van der Waals surface area contributed by atoms with Crippen molar-refractivity contribution < 1.29 is 34.1 Å². The Bertz CT molecular complexity index is 398. The van der Waals surface area contributed by atoms with Crippen LogP contribution in [0.25, 0.3) is 0 Å². The van der Waals surface area contributed by atoms with Gasteiger partial charge in [0, 0.05) is 11.1 Å². The number of carbonyl (C=O) groups is 3. The molecular weight excluding hydrogens is 364 g/mol. The fourth-order valence-corrected chi connectivity index (χ4v) is 0.769. The SMILES string of the molecule is C.C.C.C.C=C(C)C(=O)OC.C=C(C)C(=O)OC.CCC(C)(C)C(=O)OC.O. The van der Waals surface area contributed by atoms with Crippen LogP contribution in [0.4, 0.5) is 0 Å². The number of carbonyl (C=O) groups excluding carboxylic acids is 3. The Balaban J connectivity index is -0.0000000331. The third kappa shape index (κ3) is 28.6. The third-order valence-corrected chi connectivity index (χ3v) is 2.69. The predicted octanol–water partition coefficient (Wildman–Crippen LogP) is 4.79. The van der Waals surface area contributed by atoms with Crippen molar-refractivity contribution in [1.29, 1.82) is 0 Å². The monoisotopic (exact) mass is 412 g/mol. The van der Waals surface area contributed by atoms with Crippen molar-refractivity contribution in [1.82, 2.24) is 0 Å². The van der Waals surface area contributed by atoms with Gasteiger partial charge in [0.05, 0.1) is 26.7 Å². The van der Waals surface area contributed by atoms with E-state index in [0.29, 0.717) is 11.1 Å². The number of rotatable bonds is 4. The van der Waals surface area contributed by atoms with Gasteiger partial charge < -0.3 is 19.7 Å². The van der Waals surface area contributed by atoms with Crippen LogP contribution in [0.5, 0.6) is 0 Å². The first-order valence-electron chi connectivity index (χ1n) is 6.97. The zero-order chi connectivity index (χ0) is 19.2. The van der Waals surface area contributed by atoms with Gasteiger partial charge in [0.1, 0.15) is 0 Å². The molecule has 174 valence electrons. The van der Waals surface area contributed by atoms with E-state index in [1.54, 1.807) is 13.8 Å². The number of hydrogen-bond donors (Lipinski definition) is 0. The summed E-state index contributed by atoms with van der Waals surface area (Å²) in [7, 11) is 4.08. The maximum absolute atomic E-state index is 10.8. The quantitative estimate of drug-likeness (QED) is 0.373. The Morgan fingerprint density at radius 3 is 1.04 bits per heavy atom. The van der Waals surface area contributed by atoms with Crippen LogP contribution in [0, 0.1) is 5.41 Å². The van der Waals surface area contributed by atoms with Gasteiger partial charge in [-0.05, 0) is 34.1 Å². The Kier molecular flexibility index (Phi) is 48.4. The van der Waals surface area contributed by atoms with E-state index in [4.69, 9.17) is 0 Å². The molecule has 0 fully saturated rings. The van der Waals surface area contributed by atoms with E-state index in [2.05, 4.69) is 27.4 Å². The highest BCUT2D eigenvalue weighted by Gasteiger charge is 2.25. The van der Waals surface area contributed by atoms with Crippen LogP contribution in [-0.2, 0) is 28.6 Å². The van der Waals surface area contributed by atoms with Crippen LogP contribution in [-0.4, -0.2) is 44.7 Å². The summed E-state index contributed by atoms with van der Waals surface area (Å²) in [6.07, 6.45) is 0.819. The Labute approximate surface area is 174 Å². The molecule has 0 aliphatic carbocycles. The lowest BCUT2D eigenvalue weighted by Crippen LogP contribution is -2.24. The van der Waals surface area contributed by atoms with Crippen molar-refractivity contribution in [2.45, 2.75) is 70.7 Å². The van der Waals surface area contributed by atoms with Gasteiger partial charge in [-0.1, -0.05) is 49.8 Å². The van der Waals surface area contributed by atoms with Crippen LogP contribution in [0.2, 0.25) is 0 Å². The molecule has 0 aromatic heterocycles. The van der Waals surface area contributed by atoms with E-state index >= 15 is 0 Å². The second kappa shape index (κ2) is 27.1. The molecule has 0 radical (unpaired) electrons. The van der Waals surface area contributed by atoms with Gasteiger partial charge in [-0.25, -0.2) is 9.59 Å². The minimum absolute atomic E-state index is 0. The van der Waals surface area contributed by atoms with Gasteiger partial charge in [0.2, 0.25) is 0 Å². The first-order valence-corrected chi connectivity index (χ1v) is 6.97. The fourth-order valence-electron chi connectivity index (χ4n) is 0.769. The molecule has 0 bridgehead atoms. The lowest BCUT2D eigenvalue weighted by Gasteiger charge is -2.17. The van der Waals surface area contributed by atoms with Crippen molar-refractivity contribution in [3.8, 4) is 0 Å². The van der Waals surface area contributed by atoms with E-state index < -0.39 is 0 Å². The molecule has 0 saturated carbocycles. The lowest BCUT2D eigenvalue weighted by atomic mass is 9.91. The van der Waals surface area contributed by atoms with E-state index in [0.717, 1.165) is 6.42 Å². The molecule has 0 saturated heterocycles. The molecule has 0 rings (SSSR count). The summed E-state index contributed by atoms with van der Waals surface area (Å²) in [5, 5.41) is 0. The topological polar surface area (TPSA) is 110 Å². The summed E-state index contributed by atoms with van der Waals surface area (Å²) in [6, 6.07) is 0. The first-order chi connectivity index (χ1) is 10.4. The Hall–Kier alpha value is -2.15. The average Bonchev–Trinajstić information content (AvgIpc) is 2.52. The number of ether oxygens (including phenoxy) is 3. The molecule has 0 aromatic rings. The van der Waals surface area contributed by atoms with Gasteiger partial charge in [-0.3, -0.25) is 4.79 Å². The highest BCUT2D eigenvalue weighted by molar-refractivity contribution is 5.87. The summed E-state index contributed by atoms with van der Waals surface area (Å²) < 4.78 is 13.1. The molecule has 7 nitrogen and oxygen atoms in total. The Morgan fingerprint density at radius 2 is 1.00 bits per heavy atom. The molecule has 28 heavy (non-hydrogen) atoms. The van der Waals surface area contributed by atoms with E-state index in [9.17, 15) is 14.4 Å². The molecule has 0 unspecified atom stereocenters. The third-order valence-electron chi connectivity index (χ3n) is 2.69. The zero-order valence-corrected chi connectivity index (χ0v) is 16.1. The molecule has 0 spiro atoms. The molecule has 0 atom stereocenters. The standard InChI is InChI=1S/C7H14O2.2C5H8O2.4CH4.H2O/c1-5-7(2,3)6(8)9-4;2*1-4(2)5(6)7-3;;;;;/h5H2,1-4H3;2*1H2,2-3H3;4*1H4;1H2. The molecular formula is C21H48O7. The largest absolute Gasteiger partial charge is 0.469 e. The summed E-state index contributed by atoms with van der Waals surface area (Å²) >= 11 is 0. The smallest absolute Gasteiger partial charge is 0.332 e. The van der Waals surface area contributed by atoms with E-state index in [1.165, 1.54) is 21.3 Å². The summed E-state index contributed by atoms with van der Waals surface area (Å²) in [4.78, 5) is 31.2. The van der Waals surface area contributed by atoms with Crippen LogP contribution in [0.15, 0.2) is 24.3 Å². The van der Waals surface area contributed by atoms with Gasteiger partial charge in [0.15, 0.2) is 0 Å². The van der Waals surface area contributed by atoms with Crippen molar-refractivity contribution in [3.05, 3.63) is 24.3 Å². The van der Waals surface area contributed by atoms with Gasteiger partial charge in [-0.15, -0.1) is 0 Å². The van der Waals surface area contributed by atoms with Gasteiger partial charge in [-0.2, -0.15) is 0 Å². The van der Waals surface area contributed by atoms with Crippen molar-refractivity contribution in [3.63, 3.8) is 0 Å². The summed E-state index contributed by atoms with van der Waals surface area (Å²) in [5.41, 5.74) is 0.555. The van der Waals surface area contributed by atoms with Crippen molar-refractivity contribution in [2.75, 3.05) is 21.3 Å². The number of methoxy groups -OCH3 is 3. The second-order valence-corrected chi connectivity index (χ2v) is 5.27. The lowest BCUT2D eigenvalue weighted by molar-refractivity contribution is -0.150. The minimum atomic E-state index is -0.347. The molecule has 0 amide bonds. The molecule has 2 N–H and O–H groups in total. The average molecular weight is 413 g/mol. The normalized spacial score (nSPS) is 7.43. The van der Waals surface area contributed by atoms with Crippen LogP contribution in [0.3, 0.4) is 0 Å². The van der Waals surface area contributed by atoms with Crippen LogP contribution in [0.1, 0.15) is 70.7 Å².